The molecule has 4 aromatic carbocycles. The van der Waals surface area contributed by atoms with Gasteiger partial charge in [-0.25, -0.2) is 4.79 Å². The molecule has 0 saturated carbocycles. The fraction of sp³-hybridized carbons (Fsp3) is 0.152. The predicted octanol–water partition coefficient (Wildman–Crippen LogP) is 7.41. The molecule has 0 amide bonds. The number of hydrogen-bond acceptors (Lipinski definition) is 3. The van der Waals surface area contributed by atoms with E-state index < -0.39 is 5.97 Å². The zero-order chi connectivity index (χ0) is 26.9. The van der Waals surface area contributed by atoms with Gasteiger partial charge < -0.3 is 14.8 Å². The number of rotatable bonds is 8. The second-order valence-corrected chi connectivity index (χ2v) is 9.74. The van der Waals surface area contributed by atoms with Crippen molar-refractivity contribution in [2.24, 2.45) is 7.05 Å². The fourth-order valence-electron chi connectivity index (χ4n) is 5.41. The third kappa shape index (κ3) is 4.44. The van der Waals surface area contributed by atoms with Gasteiger partial charge in [0.2, 0.25) is 0 Å². The largest absolute Gasteiger partial charge is 0.493 e. The number of nitrogens with one attached hydrogen (secondary N) is 1. The summed E-state index contributed by atoms with van der Waals surface area (Å²) < 4.78 is 8.02. The predicted molar refractivity (Wildman–Crippen MR) is 155 cm³/mol. The van der Waals surface area contributed by atoms with Gasteiger partial charge in [-0.3, -0.25) is 4.68 Å². The highest BCUT2D eigenvalue weighted by atomic mass is 16.5. The lowest BCUT2D eigenvalue weighted by molar-refractivity contribution is 0.0690. The number of aryl methyl sites for hydroxylation is 2. The van der Waals surface area contributed by atoms with E-state index in [0.717, 1.165) is 61.1 Å². The van der Waals surface area contributed by atoms with Crippen molar-refractivity contribution < 1.29 is 14.6 Å². The number of aromatic amines is 1. The zero-order valence-electron chi connectivity index (χ0n) is 21.9. The number of carboxylic acids is 1. The SMILES string of the molecule is Cc1c(-c2cccc3c(CCCOc4cccc5ccccc45)c(C(=O)O)[nH]c23)c(-c2ccccc2)nn1C. The molecule has 0 aliphatic heterocycles. The molecule has 0 radical (unpaired) electrons. The molecule has 0 atom stereocenters. The summed E-state index contributed by atoms with van der Waals surface area (Å²) in [4.78, 5) is 15.6. The number of aromatic carboxylic acids is 1. The lowest BCUT2D eigenvalue weighted by atomic mass is 9.96. The number of ether oxygens (including phenoxy) is 1. The van der Waals surface area contributed by atoms with Crippen molar-refractivity contribution in [3.05, 3.63) is 108 Å². The van der Waals surface area contributed by atoms with Gasteiger partial charge >= 0.3 is 5.97 Å². The van der Waals surface area contributed by atoms with E-state index in [-0.39, 0.29) is 5.69 Å². The highest BCUT2D eigenvalue weighted by molar-refractivity contribution is 6.05. The molecule has 0 spiro atoms. The van der Waals surface area contributed by atoms with E-state index in [1.54, 1.807) is 0 Å². The van der Waals surface area contributed by atoms with Crippen LogP contribution in [0.5, 0.6) is 5.75 Å². The Hall–Kier alpha value is -4.84. The molecular formula is C33H29N3O3. The minimum absolute atomic E-state index is 0.227. The number of benzene rings is 4. The molecule has 194 valence electrons. The third-order valence-electron chi connectivity index (χ3n) is 7.38. The van der Waals surface area contributed by atoms with Gasteiger partial charge in [-0.15, -0.1) is 0 Å². The summed E-state index contributed by atoms with van der Waals surface area (Å²) in [5.41, 5.74) is 6.68. The Morgan fingerprint density at radius 2 is 1.64 bits per heavy atom. The van der Waals surface area contributed by atoms with Crippen LogP contribution in [0.1, 0.15) is 28.2 Å². The Morgan fingerprint density at radius 1 is 0.923 bits per heavy atom. The number of H-pyrrole nitrogens is 1. The van der Waals surface area contributed by atoms with Crippen LogP contribution in [0.2, 0.25) is 0 Å². The van der Waals surface area contributed by atoms with E-state index in [0.29, 0.717) is 19.4 Å². The summed E-state index contributed by atoms with van der Waals surface area (Å²) in [7, 11) is 1.93. The molecule has 0 saturated heterocycles. The lowest BCUT2D eigenvalue weighted by Crippen LogP contribution is -2.04. The Bertz CT molecular complexity index is 1810. The van der Waals surface area contributed by atoms with E-state index in [9.17, 15) is 9.90 Å². The highest BCUT2D eigenvalue weighted by Crippen LogP contribution is 2.39. The second kappa shape index (κ2) is 10.1. The van der Waals surface area contributed by atoms with Crippen LogP contribution in [-0.2, 0) is 13.5 Å². The Balaban J connectivity index is 1.34. The van der Waals surface area contributed by atoms with E-state index in [2.05, 4.69) is 23.2 Å². The zero-order valence-corrected chi connectivity index (χ0v) is 21.9. The first kappa shape index (κ1) is 24.5. The number of para-hydroxylation sites is 1. The van der Waals surface area contributed by atoms with Crippen molar-refractivity contribution in [3.63, 3.8) is 0 Å². The van der Waals surface area contributed by atoms with Gasteiger partial charge in [0.1, 0.15) is 17.1 Å². The summed E-state index contributed by atoms with van der Waals surface area (Å²) >= 11 is 0. The number of nitrogens with zero attached hydrogens (tertiary/aromatic N) is 2. The average molecular weight is 516 g/mol. The molecule has 0 unspecified atom stereocenters. The first-order valence-electron chi connectivity index (χ1n) is 13.1. The number of carbonyl (C=O) groups is 1. The maximum Gasteiger partial charge on any atom is 0.352 e. The monoisotopic (exact) mass is 515 g/mol. The van der Waals surface area contributed by atoms with Crippen LogP contribution in [0, 0.1) is 6.92 Å². The molecule has 0 aliphatic carbocycles. The van der Waals surface area contributed by atoms with Gasteiger partial charge in [0.25, 0.3) is 0 Å². The maximum atomic E-state index is 12.3. The average Bonchev–Trinajstić information content (AvgIpc) is 3.48. The molecule has 2 aromatic heterocycles. The summed E-state index contributed by atoms with van der Waals surface area (Å²) in [5, 5.41) is 18.0. The Morgan fingerprint density at radius 3 is 2.46 bits per heavy atom. The molecule has 0 fully saturated rings. The van der Waals surface area contributed by atoms with Crippen molar-refractivity contribution in [2.45, 2.75) is 19.8 Å². The summed E-state index contributed by atoms with van der Waals surface area (Å²) in [6.45, 7) is 2.53. The Labute approximate surface area is 226 Å². The van der Waals surface area contributed by atoms with E-state index in [4.69, 9.17) is 9.84 Å². The van der Waals surface area contributed by atoms with Crippen molar-refractivity contribution in [1.82, 2.24) is 14.8 Å². The summed E-state index contributed by atoms with van der Waals surface area (Å²) in [5.74, 6) is -0.124. The molecular weight excluding hydrogens is 486 g/mol. The van der Waals surface area contributed by atoms with Crippen LogP contribution in [0.15, 0.2) is 91.0 Å². The van der Waals surface area contributed by atoms with Crippen LogP contribution in [0.4, 0.5) is 0 Å². The molecule has 6 rings (SSSR count). The van der Waals surface area contributed by atoms with Gasteiger partial charge in [-0.05, 0) is 36.8 Å². The molecule has 6 nitrogen and oxygen atoms in total. The number of aromatic nitrogens is 3. The number of fused-ring (bicyclic) bond motifs is 2. The molecule has 39 heavy (non-hydrogen) atoms. The molecule has 0 aliphatic rings. The number of carboxylic acid groups (broad SMARTS) is 1. The van der Waals surface area contributed by atoms with E-state index in [1.807, 2.05) is 91.4 Å². The van der Waals surface area contributed by atoms with Gasteiger partial charge in [0, 0.05) is 40.2 Å². The van der Waals surface area contributed by atoms with E-state index >= 15 is 0 Å². The first-order valence-corrected chi connectivity index (χ1v) is 13.1. The summed E-state index contributed by atoms with van der Waals surface area (Å²) in [6.07, 6.45) is 1.26. The number of hydrogen-bond donors (Lipinski definition) is 2. The van der Waals surface area contributed by atoms with Crippen molar-refractivity contribution in [2.75, 3.05) is 6.61 Å². The Kier molecular flexibility index (Phi) is 6.37. The van der Waals surface area contributed by atoms with E-state index in [1.165, 1.54) is 0 Å². The standard InChI is InChI=1S/C33H29N3O3/c1-21-29(30(35-36(21)2)23-12-4-3-5-13-23)27-17-9-16-25-26(32(33(37)38)34-31(25)27)18-10-20-39-28-19-8-14-22-11-6-7-15-24(22)28/h3-9,11-17,19,34H,10,18,20H2,1-2H3,(H,37,38). The first-order chi connectivity index (χ1) is 19.0. The van der Waals surface area contributed by atoms with Crippen molar-refractivity contribution in [1.29, 1.82) is 0 Å². The molecule has 6 aromatic rings. The third-order valence-corrected chi connectivity index (χ3v) is 7.38. The van der Waals surface area contributed by atoms with Gasteiger partial charge in [-0.2, -0.15) is 5.10 Å². The van der Waals surface area contributed by atoms with Crippen LogP contribution in [-0.4, -0.2) is 32.4 Å². The normalized spacial score (nSPS) is 11.3. The van der Waals surface area contributed by atoms with Crippen LogP contribution in [0.3, 0.4) is 0 Å². The highest BCUT2D eigenvalue weighted by Gasteiger charge is 2.23. The maximum absolute atomic E-state index is 12.3. The van der Waals surface area contributed by atoms with Gasteiger partial charge in [-0.1, -0.05) is 84.9 Å². The quantitative estimate of drug-likeness (QED) is 0.207. The minimum Gasteiger partial charge on any atom is -0.493 e. The molecule has 2 N–H and O–H groups in total. The second-order valence-electron chi connectivity index (χ2n) is 9.74. The van der Waals surface area contributed by atoms with Gasteiger partial charge in [0.05, 0.1) is 12.1 Å². The van der Waals surface area contributed by atoms with Gasteiger partial charge in [0.15, 0.2) is 0 Å². The van der Waals surface area contributed by atoms with Crippen LogP contribution >= 0.6 is 0 Å². The van der Waals surface area contributed by atoms with Crippen LogP contribution < -0.4 is 4.74 Å². The molecule has 6 heteroatoms. The van der Waals surface area contributed by atoms with Crippen molar-refractivity contribution in [3.8, 4) is 28.1 Å². The van der Waals surface area contributed by atoms with Crippen LogP contribution in [0.25, 0.3) is 44.1 Å². The topological polar surface area (TPSA) is 80.1 Å². The lowest BCUT2D eigenvalue weighted by Gasteiger charge is -2.10. The smallest absolute Gasteiger partial charge is 0.352 e. The molecule has 2 heterocycles. The molecule has 0 bridgehead atoms. The fourth-order valence-corrected chi connectivity index (χ4v) is 5.41. The minimum atomic E-state index is -0.965. The van der Waals surface area contributed by atoms with Crippen molar-refractivity contribution >= 4 is 27.6 Å². The summed E-state index contributed by atoms with van der Waals surface area (Å²) in [6, 6.07) is 30.3.